The Morgan fingerprint density at radius 2 is 1.95 bits per heavy atom. The maximum atomic E-state index is 12.1. The number of anilines is 1. The number of hydrogen-bond acceptors (Lipinski definition) is 2. The molecule has 1 atom stereocenters. The number of hydrogen-bond donors (Lipinski definition) is 2. The summed E-state index contributed by atoms with van der Waals surface area (Å²) in [5.41, 5.74) is 7.67. The molecular formula is C15H25N3O. The van der Waals surface area contributed by atoms with Gasteiger partial charge in [0, 0.05) is 24.8 Å². The van der Waals surface area contributed by atoms with Crippen LogP contribution in [0.1, 0.15) is 45.2 Å². The van der Waals surface area contributed by atoms with Gasteiger partial charge >= 0.3 is 6.03 Å². The summed E-state index contributed by atoms with van der Waals surface area (Å²) in [6, 6.07) is 7.66. The van der Waals surface area contributed by atoms with Crippen molar-refractivity contribution < 1.29 is 4.79 Å². The van der Waals surface area contributed by atoms with E-state index in [2.05, 4.69) is 12.2 Å². The highest BCUT2D eigenvalue weighted by Gasteiger charge is 2.10. The number of amides is 2. The van der Waals surface area contributed by atoms with E-state index in [0.29, 0.717) is 0 Å². The second-order valence-electron chi connectivity index (χ2n) is 4.77. The number of benzene rings is 1. The van der Waals surface area contributed by atoms with Gasteiger partial charge in [-0.3, -0.25) is 0 Å². The SMILES string of the molecule is CCCCN(CC)C(=O)Nc1ccc(C(C)N)cc1. The number of urea groups is 1. The molecule has 0 aliphatic heterocycles. The van der Waals surface area contributed by atoms with Crippen LogP contribution in [-0.4, -0.2) is 24.0 Å². The molecule has 1 aromatic rings. The van der Waals surface area contributed by atoms with Crippen LogP contribution in [0.4, 0.5) is 10.5 Å². The van der Waals surface area contributed by atoms with Gasteiger partial charge in [0.15, 0.2) is 0 Å². The standard InChI is InChI=1S/C15H25N3O/c1-4-6-11-18(5-2)15(19)17-14-9-7-13(8-10-14)12(3)16/h7-10,12H,4-6,11,16H2,1-3H3,(H,17,19). The molecule has 106 valence electrons. The molecule has 0 fully saturated rings. The van der Waals surface area contributed by atoms with E-state index >= 15 is 0 Å². The van der Waals surface area contributed by atoms with Gasteiger partial charge in [-0.25, -0.2) is 4.79 Å². The minimum atomic E-state index is -0.0375. The van der Waals surface area contributed by atoms with Gasteiger partial charge in [-0.05, 0) is 38.0 Å². The van der Waals surface area contributed by atoms with Crippen molar-refractivity contribution in [2.45, 2.75) is 39.7 Å². The minimum absolute atomic E-state index is 0.0152. The third-order valence-corrected chi connectivity index (χ3v) is 3.14. The number of nitrogens with one attached hydrogen (secondary N) is 1. The van der Waals surface area contributed by atoms with Gasteiger partial charge in [-0.1, -0.05) is 25.5 Å². The number of nitrogens with zero attached hydrogens (tertiary/aromatic N) is 1. The van der Waals surface area contributed by atoms with E-state index in [9.17, 15) is 4.79 Å². The van der Waals surface area contributed by atoms with Crippen molar-refractivity contribution in [3.8, 4) is 0 Å². The fourth-order valence-corrected chi connectivity index (χ4v) is 1.82. The average Bonchev–Trinajstić information content (AvgIpc) is 2.40. The normalized spacial score (nSPS) is 12.0. The van der Waals surface area contributed by atoms with Crippen molar-refractivity contribution in [1.29, 1.82) is 0 Å². The van der Waals surface area contributed by atoms with Crippen LogP contribution in [-0.2, 0) is 0 Å². The van der Waals surface area contributed by atoms with Gasteiger partial charge in [0.05, 0.1) is 0 Å². The third kappa shape index (κ3) is 4.91. The van der Waals surface area contributed by atoms with Crippen molar-refractivity contribution in [3.05, 3.63) is 29.8 Å². The van der Waals surface area contributed by atoms with Crippen LogP contribution in [0, 0.1) is 0 Å². The van der Waals surface area contributed by atoms with Gasteiger partial charge in [-0.15, -0.1) is 0 Å². The highest BCUT2D eigenvalue weighted by molar-refractivity contribution is 5.89. The lowest BCUT2D eigenvalue weighted by Crippen LogP contribution is -2.35. The molecule has 1 unspecified atom stereocenters. The second-order valence-corrected chi connectivity index (χ2v) is 4.77. The summed E-state index contributed by atoms with van der Waals surface area (Å²) in [5.74, 6) is 0. The molecule has 0 aliphatic rings. The minimum Gasteiger partial charge on any atom is -0.325 e. The molecule has 0 saturated carbocycles. The van der Waals surface area contributed by atoms with Gasteiger partial charge in [0.2, 0.25) is 0 Å². The maximum Gasteiger partial charge on any atom is 0.321 e. The quantitative estimate of drug-likeness (QED) is 0.826. The smallest absolute Gasteiger partial charge is 0.321 e. The van der Waals surface area contributed by atoms with E-state index < -0.39 is 0 Å². The van der Waals surface area contributed by atoms with Crippen molar-refractivity contribution in [2.24, 2.45) is 5.73 Å². The summed E-state index contributed by atoms with van der Waals surface area (Å²) in [6.45, 7) is 7.59. The zero-order valence-electron chi connectivity index (χ0n) is 12.1. The van der Waals surface area contributed by atoms with Crippen LogP contribution < -0.4 is 11.1 Å². The first-order chi connectivity index (χ1) is 9.08. The Morgan fingerprint density at radius 1 is 1.32 bits per heavy atom. The lowest BCUT2D eigenvalue weighted by atomic mass is 10.1. The number of unbranched alkanes of at least 4 members (excludes halogenated alkanes) is 1. The Bertz CT molecular complexity index is 387. The Labute approximate surface area is 116 Å². The molecule has 19 heavy (non-hydrogen) atoms. The zero-order chi connectivity index (χ0) is 14.3. The molecule has 0 aromatic heterocycles. The molecule has 0 bridgehead atoms. The van der Waals surface area contributed by atoms with Crippen LogP contribution in [0.15, 0.2) is 24.3 Å². The largest absolute Gasteiger partial charge is 0.325 e. The number of carbonyl (C=O) groups excluding carboxylic acids is 1. The first kappa shape index (κ1) is 15.5. The van der Waals surface area contributed by atoms with E-state index in [4.69, 9.17) is 5.73 Å². The van der Waals surface area contributed by atoms with Gasteiger partial charge in [0.1, 0.15) is 0 Å². The van der Waals surface area contributed by atoms with Crippen LogP contribution in [0.2, 0.25) is 0 Å². The lowest BCUT2D eigenvalue weighted by molar-refractivity contribution is 0.213. The molecule has 0 saturated heterocycles. The fraction of sp³-hybridized carbons (Fsp3) is 0.533. The zero-order valence-corrected chi connectivity index (χ0v) is 12.1. The summed E-state index contributed by atoms with van der Waals surface area (Å²) in [6.07, 6.45) is 2.12. The third-order valence-electron chi connectivity index (χ3n) is 3.14. The van der Waals surface area contributed by atoms with Crippen molar-refractivity contribution in [2.75, 3.05) is 18.4 Å². The molecule has 4 nitrogen and oxygen atoms in total. The van der Waals surface area contributed by atoms with Gasteiger partial charge < -0.3 is 16.0 Å². The summed E-state index contributed by atoms with van der Waals surface area (Å²) >= 11 is 0. The Balaban J connectivity index is 2.59. The predicted octanol–water partition coefficient (Wildman–Crippen LogP) is 3.36. The first-order valence-corrected chi connectivity index (χ1v) is 7.00. The molecule has 4 heteroatoms. The summed E-state index contributed by atoms with van der Waals surface area (Å²) in [4.78, 5) is 13.9. The average molecular weight is 263 g/mol. The second kappa shape index (κ2) is 7.79. The van der Waals surface area contributed by atoms with Crippen LogP contribution in [0.3, 0.4) is 0 Å². The molecular weight excluding hydrogens is 238 g/mol. The van der Waals surface area contributed by atoms with Crippen LogP contribution in [0.25, 0.3) is 0 Å². The van der Waals surface area contributed by atoms with E-state index in [0.717, 1.165) is 37.2 Å². The van der Waals surface area contributed by atoms with E-state index in [1.807, 2.05) is 43.0 Å². The number of rotatable bonds is 6. The summed E-state index contributed by atoms with van der Waals surface area (Å²) in [7, 11) is 0. The van der Waals surface area contributed by atoms with Crippen molar-refractivity contribution in [1.82, 2.24) is 4.90 Å². The molecule has 1 rings (SSSR count). The molecule has 0 radical (unpaired) electrons. The van der Waals surface area contributed by atoms with Crippen LogP contribution in [0.5, 0.6) is 0 Å². The Kier molecular flexibility index (Phi) is 6.36. The molecule has 0 spiro atoms. The van der Waals surface area contributed by atoms with Gasteiger partial charge in [0.25, 0.3) is 0 Å². The summed E-state index contributed by atoms with van der Waals surface area (Å²) in [5, 5.41) is 2.91. The summed E-state index contributed by atoms with van der Waals surface area (Å²) < 4.78 is 0. The monoisotopic (exact) mass is 263 g/mol. The van der Waals surface area contributed by atoms with E-state index in [1.54, 1.807) is 0 Å². The maximum absolute atomic E-state index is 12.1. The predicted molar refractivity (Wildman–Crippen MR) is 80.2 cm³/mol. The molecule has 0 heterocycles. The number of nitrogens with two attached hydrogens (primary N) is 1. The Hall–Kier alpha value is -1.55. The topological polar surface area (TPSA) is 58.4 Å². The highest BCUT2D eigenvalue weighted by atomic mass is 16.2. The van der Waals surface area contributed by atoms with Crippen LogP contribution >= 0.6 is 0 Å². The van der Waals surface area contributed by atoms with Gasteiger partial charge in [-0.2, -0.15) is 0 Å². The molecule has 3 N–H and O–H groups in total. The van der Waals surface area contributed by atoms with E-state index in [1.165, 1.54) is 0 Å². The highest BCUT2D eigenvalue weighted by Crippen LogP contribution is 2.14. The molecule has 1 aromatic carbocycles. The lowest BCUT2D eigenvalue weighted by Gasteiger charge is -2.21. The van der Waals surface area contributed by atoms with E-state index in [-0.39, 0.29) is 12.1 Å². The fourth-order valence-electron chi connectivity index (χ4n) is 1.82. The number of carbonyl (C=O) groups is 1. The Morgan fingerprint density at radius 3 is 2.42 bits per heavy atom. The molecule has 2 amide bonds. The first-order valence-electron chi connectivity index (χ1n) is 7.00. The van der Waals surface area contributed by atoms with Crippen molar-refractivity contribution in [3.63, 3.8) is 0 Å². The molecule has 0 aliphatic carbocycles. The van der Waals surface area contributed by atoms with Crippen molar-refractivity contribution >= 4 is 11.7 Å².